The van der Waals surface area contributed by atoms with Crippen molar-refractivity contribution in [1.29, 1.82) is 0 Å². The van der Waals surface area contributed by atoms with E-state index < -0.39 is 12.2 Å². The number of aliphatic hydroxyl groups excluding tert-OH is 2. The zero-order chi connectivity index (χ0) is 15.7. The third-order valence-electron chi connectivity index (χ3n) is 4.91. The molecule has 23 heavy (non-hydrogen) atoms. The van der Waals surface area contributed by atoms with Gasteiger partial charge in [0.15, 0.2) is 0 Å². The Morgan fingerprint density at radius 3 is 2.26 bits per heavy atom. The van der Waals surface area contributed by atoms with Crippen LogP contribution in [0, 0.1) is 5.82 Å². The van der Waals surface area contributed by atoms with E-state index in [1.807, 2.05) is 36.4 Å². The number of rotatable bonds is 0. The zero-order valence-electron chi connectivity index (χ0n) is 12.1. The lowest BCUT2D eigenvalue weighted by Gasteiger charge is -2.25. The monoisotopic (exact) mass is 304 g/mol. The van der Waals surface area contributed by atoms with Crippen LogP contribution >= 0.6 is 0 Å². The molecule has 4 aromatic carbocycles. The Labute approximate surface area is 131 Å². The van der Waals surface area contributed by atoms with E-state index in [2.05, 4.69) is 0 Å². The normalized spacial score (nSPS) is 20.7. The highest BCUT2D eigenvalue weighted by molar-refractivity contribution is 6.24. The van der Waals surface area contributed by atoms with Crippen LogP contribution in [0.15, 0.2) is 48.5 Å². The van der Waals surface area contributed by atoms with Crippen molar-refractivity contribution in [1.82, 2.24) is 0 Å². The van der Waals surface area contributed by atoms with E-state index in [0.29, 0.717) is 16.5 Å². The smallest absolute Gasteiger partial charge is 0.138 e. The Bertz CT molecular complexity index is 1100. The summed E-state index contributed by atoms with van der Waals surface area (Å²) in [6, 6.07) is 13.6. The number of aliphatic hydroxyl groups is 2. The molecule has 0 saturated heterocycles. The summed E-state index contributed by atoms with van der Waals surface area (Å²) in [4.78, 5) is 0. The number of benzene rings is 4. The van der Waals surface area contributed by atoms with Crippen LogP contribution in [0.1, 0.15) is 17.2 Å². The molecule has 3 heteroatoms. The number of hydrogen-bond acceptors (Lipinski definition) is 2. The molecule has 5 rings (SSSR count). The molecule has 0 saturated carbocycles. The maximum Gasteiger partial charge on any atom is 0.138 e. The highest BCUT2D eigenvalue weighted by atomic mass is 19.1. The molecule has 2 nitrogen and oxygen atoms in total. The van der Waals surface area contributed by atoms with Crippen molar-refractivity contribution < 1.29 is 14.6 Å². The molecule has 4 aromatic rings. The second kappa shape index (κ2) is 4.28. The van der Waals surface area contributed by atoms with Gasteiger partial charge in [-0.25, -0.2) is 4.39 Å². The van der Waals surface area contributed by atoms with Gasteiger partial charge in [0.2, 0.25) is 0 Å². The molecule has 0 heterocycles. The van der Waals surface area contributed by atoms with E-state index in [-0.39, 0.29) is 5.82 Å². The Morgan fingerprint density at radius 2 is 1.52 bits per heavy atom. The van der Waals surface area contributed by atoms with Crippen molar-refractivity contribution in [2.24, 2.45) is 0 Å². The van der Waals surface area contributed by atoms with Gasteiger partial charge in [-0.3, -0.25) is 0 Å². The van der Waals surface area contributed by atoms with Gasteiger partial charge in [0.25, 0.3) is 0 Å². The molecule has 2 atom stereocenters. The van der Waals surface area contributed by atoms with Crippen LogP contribution in [0.4, 0.5) is 4.39 Å². The van der Waals surface area contributed by atoms with Gasteiger partial charge in [-0.15, -0.1) is 0 Å². The molecule has 1 aliphatic carbocycles. The van der Waals surface area contributed by atoms with Crippen molar-refractivity contribution in [3.63, 3.8) is 0 Å². The van der Waals surface area contributed by atoms with E-state index in [9.17, 15) is 10.2 Å². The quantitative estimate of drug-likeness (QED) is 0.479. The molecule has 0 aliphatic heterocycles. The molecule has 2 unspecified atom stereocenters. The summed E-state index contributed by atoms with van der Waals surface area (Å²) in [5.74, 6) is -0.340. The maximum absolute atomic E-state index is 15.0. The van der Waals surface area contributed by atoms with Crippen molar-refractivity contribution in [2.45, 2.75) is 12.2 Å². The first kappa shape index (κ1) is 13.0. The molecular formula is C20H13FO2. The first-order chi connectivity index (χ1) is 11.2. The van der Waals surface area contributed by atoms with Crippen LogP contribution in [0.5, 0.6) is 0 Å². The number of halogens is 1. The predicted molar refractivity (Wildman–Crippen MR) is 90.1 cm³/mol. The first-order valence-corrected chi connectivity index (χ1v) is 7.60. The number of fused-ring (bicyclic) bond motifs is 2. The molecule has 0 fully saturated rings. The van der Waals surface area contributed by atoms with E-state index >= 15 is 4.39 Å². The lowest BCUT2D eigenvalue weighted by atomic mass is 9.83. The van der Waals surface area contributed by atoms with Crippen LogP contribution in [0.2, 0.25) is 0 Å². The Kier molecular flexibility index (Phi) is 2.42. The summed E-state index contributed by atoms with van der Waals surface area (Å²) >= 11 is 0. The van der Waals surface area contributed by atoms with Gasteiger partial charge in [0.1, 0.15) is 18.0 Å². The van der Waals surface area contributed by atoms with E-state index in [4.69, 9.17) is 0 Å². The zero-order valence-corrected chi connectivity index (χ0v) is 12.1. The summed E-state index contributed by atoms with van der Waals surface area (Å²) in [6.07, 6.45) is 0.874. The Hall–Kier alpha value is -2.49. The topological polar surface area (TPSA) is 40.5 Å². The third kappa shape index (κ3) is 1.53. The van der Waals surface area contributed by atoms with Crippen molar-refractivity contribution in [3.05, 3.63) is 65.5 Å². The third-order valence-corrected chi connectivity index (χ3v) is 4.91. The molecule has 0 spiro atoms. The van der Waals surface area contributed by atoms with Gasteiger partial charge < -0.3 is 10.2 Å². The molecule has 2 N–H and O–H groups in total. The molecule has 1 aliphatic rings. The summed E-state index contributed by atoms with van der Waals surface area (Å²) in [5, 5.41) is 25.6. The van der Waals surface area contributed by atoms with Crippen LogP contribution < -0.4 is 0 Å². The molecule has 0 aromatic heterocycles. The second-order valence-corrected chi connectivity index (χ2v) is 6.12. The van der Waals surface area contributed by atoms with Gasteiger partial charge >= 0.3 is 0 Å². The summed E-state index contributed by atoms with van der Waals surface area (Å²) in [5.41, 5.74) is 0.844. The summed E-state index contributed by atoms with van der Waals surface area (Å²) in [7, 11) is 0. The first-order valence-electron chi connectivity index (χ1n) is 7.60. The van der Waals surface area contributed by atoms with Crippen LogP contribution in [-0.2, 0) is 0 Å². The minimum absolute atomic E-state index is 0.340. The largest absolute Gasteiger partial charge is 0.386 e. The summed E-state index contributed by atoms with van der Waals surface area (Å²) < 4.78 is 15.0. The second-order valence-electron chi connectivity index (χ2n) is 6.12. The lowest BCUT2D eigenvalue weighted by Crippen LogP contribution is -2.20. The van der Waals surface area contributed by atoms with E-state index in [0.717, 1.165) is 26.9 Å². The Morgan fingerprint density at radius 1 is 0.826 bits per heavy atom. The van der Waals surface area contributed by atoms with Gasteiger partial charge in [0.05, 0.1) is 0 Å². The molecule has 0 radical (unpaired) electrons. The van der Waals surface area contributed by atoms with E-state index in [1.165, 1.54) is 6.08 Å². The van der Waals surface area contributed by atoms with Gasteiger partial charge in [-0.05, 0) is 21.5 Å². The molecule has 112 valence electrons. The van der Waals surface area contributed by atoms with E-state index in [1.54, 1.807) is 12.1 Å². The number of hydrogen-bond donors (Lipinski definition) is 2. The molecule has 0 bridgehead atoms. The average Bonchev–Trinajstić information content (AvgIpc) is 2.58. The van der Waals surface area contributed by atoms with Gasteiger partial charge in [-0.2, -0.15) is 0 Å². The highest BCUT2D eigenvalue weighted by Crippen LogP contribution is 2.43. The fourth-order valence-corrected chi connectivity index (χ4v) is 3.85. The minimum atomic E-state index is -1.12. The Balaban J connectivity index is 2.11. The van der Waals surface area contributed by atoms with Crippen LogP contribution in [0.3, 0.4) is 0 Å². The van der Waals surface area contributed by atoms with Crippen molar-refractivity contribution in [2.75, 3.05) is 0 Å². The van der Waals surface area contributed by atoms with Crippen molar-refractivity contribution in [3.8, 4) is 0 Å². The maximum atomic E-state index is 15.0. The molecular weight excluding hydrogens is 291 g/mol. The minimum Gasteiger partial charge on any atom is -0.386 e. The predicted octanol–water partition coefficient (Wildman–Crippen LogP) is 4.14. The summed E-state index contributed by atoms with van der Waals surface area (Å²) in [6.45, 7) is 0. The van der Waals surface area contributed by atoms with Crippen molar-refractivity contribution >= 4 is 38.4 Å². The van der Waals surface area contributed by atoms with Gasteiger partial charge in [0, 0.05) is 21.9 Å². The SMILES string of the molecule is OC1C=Cc2c(F)c3ccc4cccc5ccc(c2C1O)c3c45. The molecule has 0 amide bonds. The van der Waals surface area contributed by atoms with Gasteiger partial charge in [-0.1, -0.05) is 54.6 Å². The average molecular weight is 304 g/mol. The van der Waals surface area contributed by atoms with Crippen LogP contribution in [0.25, 0.3) is 38.4 Å². The fourth-order valence-electron chi connectivity index (χ4n) is 3.85. The standard InChI is InChI=1S/C20H13FO2/c21-19-13-7-5-11-3-1-2-10-4-6-12(17(13)16(10)11)18-14(19)8-9-15(22)20(18)23/h1-9,15,20,22-23H. The lowest BCUT2D eigenvalue weighted by molar-refractivity contribution is 0.0478. The fraction of sp³-hybridized carbons (Fsp3) is 0.100. The van der Waals surface area contributed by atoms with Crippen LogP contribution in [-0.4, -0.2) is 16.3 Å². The highest BCUT2D eigenvalue weighted by Gasteiger charge is 2.29.